The molecule has 1 aromatic heterocycles. The van der Waals surface area contributed by atoms with E-state index in [9.17, 15) is 14.7 Å². The van der Waals surface area contributed by atoms with Crippen molar-refractivity contribution in [2.75, 3.05) is 6.54 Å². The highest BCUT2D eigenvalue weighted by Crippen LogP contribution is 2.56. The van der Waals surface area contributed by atoms with Crippen LogP contribution in [0.2, 0.25) is 0 Å². The summed E-state index contributed by atoms with van der Waals surface area (Å²) in [6.07, 6.45) is 3.61. The molecule has 1 fully saturated rings. The first kappa shape index (κ1) is 20.2. The third-order valence-electron chi connectivity index (χ3n) is 5.80. The molecule has 0 bridgehead atoms. The van der Waals surface area contributed by atoms with Gasteiger partial charge in [-0.3, -0.25) is 4.79 Å². The Morgan fingerprint density at radius 1 is 1.29 bits per heavy atom. The maximum atomic E-state index is 11.5. The van der Waals surface area contributed by atoms with Crippen LogP contribution in [-0.4, -0.2) is 33.8 Å². The van der Waals surface area contributed by atoms with Crippen LogP contribution in [0.5, 0.6) is 0 Å². The van der Waals surface area contributed by atoms with Crippen molar-refractivity contribution < 1.29 is 14.7 Å². The maximum Gasteiger partial charge on any atom is 0.405 e. The number of rotatable bonds is 7. The zero-order chi connectivity index (χ0) is 20.5. The summed E-state index contributed by atoms with van der Waals surface area (Å²) in [5, 5.41) is 16.2. The number of benzene rings is 1. The highest BCUT2D eigenvalue weighted by atomic mass is 16.4. The molecule has 1 aromatic carbocycles. The van der Waals surface area contributed by atoms with E-state index >= 15 is 0 Å². The Bertz CT molecular complexity index is 881. The van der Waals surface area contributed by atoms with Gasteiger partial charge in [-0.15, -0.1) is 0 Å². The van der Waals surface area contributed by atoms with Gasteiger partial charge in [0.25, 0.3) is 0 Å². The number of nitrogens with one attached hydrogen (secondary N) is 2. The molecular weight excluding hydrogens is 354 g/mol. The molecule has 1 heterocycles. The molecule has 1 aliphatic rings. The molecule has 1 aliphatic carbocycles. The molecule has 3 N–H and O–H groups in total. The maximum absolute atomic E-state index is 11.5. The standard InChI is InChI=1S/C22H31N3O3/c1-15(26)23-10-7-11-25-14-16(17-8-5-6-9-18(17)25)12-22(24-20(27)28)13-19(22)21(2,3)4/h5-6,8-9,14,19,24H,7,10-13H2,1-4H3,(H,23,26)(H,27,28). The Morgan fingerprint density at radius 3 is 2.61 bits per heavy atom. The van der Waals surface area contributed by atoms with Gasteiger partial charge in [0.2, 0.25) is 5.91 Å². The van der Waals surface area contributed by atoms with E-state index in [0.29, 0.717) is 18.9 Å². The zero-order valence-electron chi connectivity index (χ0n) is 17.2. The first-order valence-corrected chi connectivity index (χ1v) is 9.95. The lowest BCUT2D eigenvalue weighted by Gasteiger charge is -2.25. The monoisotopic (exact) mass is 385 g/mol. The highest BCUT2D eigenvalue weighted by Gasteiger charge is 2.60. The summed E-state index contributed by atoms with van der Waals surface area (Å²) in [5.41, 5.74) is 1.99. The van der Waals surface area contributed by atoms with E-state index in [-0.39, 0.29) is 11.3 Å². The number of para-hydroxylation sites is 1. The average molecular weight is 386 g/mol. The van der Waals surface area contributed by atoms with Gasteiger partial charge in [0.05, 0.1) is 5.54 Å². The minimum atomic E-state index is -0.953. The fraction of sp³-hybridized carbons (Fsp3) is 0.545. The molecule has 152 valence electrons. The number of fused-ring (bicyclic) bond motifs is 1. The Kier molecular flexibility index (Phi) is 5.41. The predicted octanol–water partition coefficient (Wildman–Crippen LogP) is 3.78. The van der Waals surface area contributed by atoms with Crippen LogP contribution in [-0.2, 0) is 17.8 Å². The van der Waals surface area contributed by atoms with Gasteiger partial charge >= 0.3 is 6.09 Å². The molecule has 2 atom stereocenters. The van der Waals surface area contributed by atoms with Crippen molar-refractivity contribution >= 4 is 22.9 Å². The smallest absolute Gasteiger partial charge is 0.405 e. The molecule has 0 aliphatic heterocycles. The van der Waals surface area contributed by atoms with Crippen molar-refractivity contribution in [2.45, 2.75) is 59.0 Å². The lowest BCUT2D eigenvalue weighted by molar-refractivity contribution is -0.118. The summed E-state index contributed by atoms with van der Waals surface area (Å²) >= 11 is 0. The van der Waals surface area contributed by atoms with Gasteiger partial charge in [-0.25, -0.2) is 4.79 Å². The first-order valence-electron chi connectivity index (χ1n) is 9.95. The number of aryl methyl sites for hydroxylation is 1. The van der Waals surface area contributed by atoms with Crippen LogP contribution in [0.3, 0.4) is 0 Å². The summed E-state index contributed by atoms with van der Waals surface area (Å²) in [7, 11) is 0. The topological polar surface area (TPSA) is 83.4 Å². The van der Waals surface area contributed by atoms with E-state index in [1.165, 1.54) is 17.9 Å². The van der Waals surface area contributed by atoms with Crippen LogP contribution in [0, 0.1) is 11.3 Å². The Hall–Kier alpha value is -2.50. The van der Waals surface area contributed by atoms with E-state index in [0.717, 1.165) is 24.9 Å². The molecule has 28 heavy (non-hydrogen) atoms. The molecule has 0 saturated heterocycles. The zero-order valence-corrected chi connectivity index (χ0v) is 17.2. The third-order valence-corrected chi connectivity index (χ3v) is 5.80. The summed E-state index contributed by atoms with van der Waals surface area (Å²) in [5.74, 6) is 0.305. The summed E-state index contributed by atoms with van der Waals surface area (Å²) in [6, 6.07) is 8.26. The molecule has 3 rings (SSSR count). The first-order chi connectivity index (χ1) is 13.1. The van der Waals surface area contributed by atoms with E-state index in [4.69, 9.17) is 0 Å². The molecule has 0 radical (unpaired) electrons. The van der Waals surface area contributed by atoms with E-state index < -0.39 is 11.6 Å². The minimum absolute atomic E-state index is 0.0123. The molecule has 0 spiro atoms. The SMILES string of the molecule is CC(=O)NCCCn1cc(CC2(NC(=O)O)CC2C(C)(C)C)c2ccccc21. The van der Waals surface area contributed by atoms with Crippen LogP contribution in [0.1, 0.15) is 46.1 Å². The number of carbonyl (C=O) groups is 2. The van der Waals surface area contributed by atoms with Crippen molar-refractivity contribution in [3.05, 3.63) is 36.0 Å². The van der Waals surface area contributed by atoms with E-state index in [1.54, 1.807) is 0 Å². The van der Waals surface area contributed by atoms with Crippen molar-refractivity contribution in [2.24, 2.45) is 11.3 Å². The number of aromatic nitrogens is 1. The summed E-state index contributed by atoms with van der Waals surface area (Å²) in [6.45, 7) is 9.51. The number of carbonyl (C=O) groups excluding carboxylic acids is 1. The normalized spacial score (nSPS) is 21.5. The molecule has 6 heteroatoms. The number of hydrogen-bond acceptors (Lipinski definition) is 2. The molecule has 2 amide bonds. The van der Waals surface area contributed by atoms with Crippen LogP contribution >= 0.6 is 0 Å². The second-order valence-electron chi connectivity index (χ2n) is 9.09. The number of hydrogen-bond donors (Lipinski definition) is 3. The fourth-order valence-corrected chi connectivity index (χ4v) is 4.53. The van der Waals surface area contributed by atoms with Crippen molar-refractivity contribution in [1.82, 2.24) is 15.2 Å². The van der Waals surface area contributed by atoms with Crippen molar-refractivity contribution in [3.63, 3.8) is 0 Å². The van der Waals surface area contributed by atoms with Gasteiger partial charge in [0, 0.05) is 37.1 Å². The molecule has 2 unspecified atom stereocenters. The lowest BCUT2D eigenvalue weighted by Crippen LogP contribution is -2.41. The molecule has 2 aromatic rings. The number of carboxylic acid groups (broad SMARTS) is 1. The minimum Gasteiger partial charge on any atom is -0.465 e. The largest absolute Gasteiger partial charge is 0.465 e. The quantitative estimate of drug-likeness (QED) is 0.634. The van der Waals surface area contributed by atoms with Gasteiger partial charge in [-0.1, -0.05) is 39.0 Å². The summed E-state index contributed by atoms with van der Waals surface area (Å²) in [4.78, 5) is 22.5. The average Bonchev–Trinajstić information content (AvgIpc) is 3.19. The van der Waals surface area contributed by atoms with Crippen LogP contribution < -0.4 is 10.6 Å². The predicted molar refractivity (Wildman–Crippen MR) is 110 cm³/mol. The highest BCUT2D eigenvalue weighted by molar-refractivity contribution is 5.84. The fourth-order valence-electron chi connectivity index (χ4n) is 4.53. The molecule has 6 nitrogen and oxygen atoms in total. The van der Waals surface area contributed by atoms with Gasteiger partial charge < -0.3 is 20.3 Å². The van der Waals surface area contributed by atoms with Gasteiger partial charge in [-0.2, -0.15) is 0 Å². The van der Waals surface area contributed by atoms with Gasteiger partial charge in [0.15, 0.2) is 0 Å². The third kappa shape index (κ3) is 4.32. The summed E-state index contributed by atoms with van der Waals surface area (Å²) < 4.78 is 2.22. The second-order valence-corrected chi connectivity index (χ2v) is 9.09. The Morgan fingerprint density at radius 2 is 2.00 bits per heavy atom. The van der Waals surface area contributed by atoms with Gasteiger partial charge in [-0.05, 0) is 42.2 Å². The van der Waals surface area contributed by atoms with Crippen LogP contribution in [0.25, 0.3) is 10.9 Å². The molecule has 1 saturated carbocycles. The number of amides is 2. The van der Waals surface area contributed by atoms with Crippen LogP contribution in [0.15, 0.2) is 30.5 Å². The van der Waals surface area contributed by atoms with E-state index in [2.05, 4.69) is 54.3 Å². The Labute approximate surface area is 166 Å². The second kappa shape index (κ2) is 7.49. The van der Waals surface area contributed by atoms with Gasteiger partial charge in [0.1, 0.15) is 0 Å². The van der Waals surface area contributed by atoms with Crippen LogP contribution in [0.4, 0.5) is 4.79 Å². The van der Waals surface area contributed by atoms with E-state index in [1.807, 2.05) is 12.1 Å². The van der Waals surface area contributed by atoms with Crippen molar-refractivity contribution in [1.29, 1.82) is 0 Å². The lowest BCUT2D eigenvalue weighted by atomic mass is 9.85. The molecular formula is C22H31N3O3. The number of nitrogens with zero attached hydrogens (tertiary/aromatic N) is 1. The Balaban J connectivity index is 1.84. The van der Waals surface area contributed by atoms with Crippen molar-refractivity contribution in [3.8, 4) is 0 Å².